The Bertz CT molecular complexity index is 1110. The van der Waals surface area contributed by atoms with Gasteiger partial charge in [0.15, 0.2) is 5.82 Å². The zero-order valence-electron chi connectivity index (χ0n) is 20.0. The molecule has 8 nitrogen and oxygen atoms in total. The van der Waals surface area contributed by atoms with E-state index < -0.39 is 5.60 Å². The third-order valence-corrected chi connectivity index (χ3v) is 9.71. The number of halogens is 1. The molecule has 2 amide bonds. The zero-order chi connectivity index (χ0) is 23.8. The van der Waals surface area contributed by atoms with Gasteiger partial charge in [0, 0.05) is 54.8 Å². The largest absolute Gasteiger partial charge is 0.382 e. The van der Waals surface area contributed by atoms with Gasteiger partial charge in [-0.15, -0.1) is 0 Å². The average Bonchev–Trinajstić information content (AvgIpc) is 3.33. The molecule has 2 spiro atoms. The van der Waals surface area contributed by atoms with Gasteiger partial charge in [0.05, 0.1) is 5.02 Å². The minimum absolute atomic E-state index is 0.232. The summed E-state index contributed by atoms with van der Waals surface area (Å²) >= 11 is 5.96. The van der Waals surface area contributed by atoms with E-state index in [9.17, 15) is 9.90 Å². The van der Waals surface area contributed by atoms with Crippen molar-refractivity contribution in [1.82, 2.24) is 30.0 Å². The number of amides is 2. The first-order chi connectivity index (χ1) is 16.8. The van der Waals surface area contributed by atoms with Gasteiger partial charge in [-0.05, 0) is 75.8 Å². The highest BCUT2D eigenvalue weighted by Gasteiger charge is 2.57. The number of aliphatic hydroxyl groups is 1. The van der Waals surface area contributed by atoms with E-state index in [1.54, 1.807) is 6.20 Å². The molecule has 5 fully saturated rings. The van der Waals surface area contributed by atoms with Crippen molar-refractivity contribution in [3.8, 4) is 0 Å². The number of hydrogen-bond donors (Lipinski definition) is 2. The first kappa shape index (κ1) is 22.0. The fourth-order valence-electron chi connectivity index (χ4n) is 7.07. The number of hydrogen-bond acceptors (Lipinski definition) is 5. The molecule has 2 N–H and O–H groups in total. The second kappa shape index (κ2) is 7.65. The normalized spacial score (nSPS) is 26.3. The Hall–Kier alpha value is -2.19. The molecule has 0 atom stereocenters. The van der Waals surface area contributed by atoms with Gasteiger partial charge in [-0.2, -0.15) is 5.10 Å². The van der Waals surface area contributed by atoms with Crippen LogP contribution in [0, 0.1) is 16.7 Å². The molecule has 2 aliphatic heterocycles. The summed E-state index contributed by atoms with van der Waals surface area (Å²) in [5.74, 6) is 2.53. The summed E-state index contributed by atoms with van der Waals surface area (Å²) in [5, 5.41) is 18.2. The van der Waals surface area contributed by atoms with E-state index in [2.05, 4.69) is 25.1 Å². The lowest BCUT2D eigenvalue weighted by atomic mass is 9.57. The average molecular weight is 497 g/mol. The first-order valence-electron chi connectivity index (χ1n) is 13.1. The lowest BCUT2D eigenvalue weighted by molar-refractivity contribution is -0.0777. The van der Waals surface area contributed by atoms with Gasteiger partial charge >= 0.3 is 6.03 Å². The van der Waals surface area contributed by atoms with E-state index in [1.807, 2.05) is 17.0 Å². The van der Waals surface area contributed by atoms with Crippen molar-refractivity contribution in [2.45, 2.75) is 69.3 Å². The Morgan fingerprint density at radius 3 is 2.37 bits per heavy atom. The van der Waals surface area contributed by atoms with Crippen LogP contribution in [0.25, 0.3) is 0 Å². The number of rotatable bonds is 4. The van der Waals surface area contributed by atoms with Crippen LogP contribution in [0.1, 0.15) is 74.6 Å². The van der Waals surface area contributed by atoms with Crippen molar-refractivity contribution in [2.75, 3.05) is 26.2 Å². The molecule has 5 aliphatic rings. The Morgan fingerprint density at radius 2 is 1.74 bits per heavy atom. The molecule has 0 radical (unpaired) electrons. The number of nitrogens with one attached hydrogen (secondary N) is 1. The van der Waals surface area contributed by atoms with Crippen molar-refractivity contribution in [2.24, 2.45) is 16.7 Å². The topological polar surface area (TPSA) is 98.2 Å². The van der Waals surface area contributed by atoms with Crippen LogP contribution in [0.15, 0.2) is 18.3 Å². The van der Waals surface area contributed by atoms with Crippen molar-refractivity contribution in [3.05, 3.63) is 40.7 Å². The first-order valence-corrected chi connectivity index (χ1v) is 13.5. The van der Waals surface area contributed by atoms with Crippen LogP contribution in [-0.4, -0.2) is 67.3 Å². The minimum atomic E-state index is -0.780. The fraction of sp³-hybridized carbons (Fsp3) is 0.692. The Kier molecular flexibility index (Phi) is 4.82. The van der Waals surface area contributed by atoms with Crippen LogP contribution in [-0.2, 0) is 12.0 Å². The number of pyridine rings is 1. The van der Waals surface area contributed by atoms with Gasteiger partial charge < -0.3 is 14.9 Å². The van der Waals surface area contributed by atoms with Gasteiger partial charge in [0.25, 0.3) is 0 Å². The summed E-state index contributed by atoms with van der Waals surface area (Å²) < 4.78 is 0. The molecule has 3 saturated carbocycles. The number of H-pyrrole nitrogens is 1. The summed E-state index contributed by atoms with van der Waals surface area (Å²) in [5.41, 5.74) is 0.964. The zero-order valence-corrected chi connectivity index (χ0v) is 20.8. The molecular formula is C26H33ClN6O2. The number of carbonyl (C=O) groups is 1. The summed E-state index contributed by atoms with van der Waals surface area (Å²) in [6, 6.07) is 4.20. The highest BCUT2D eigenvalue weighted by Crippen LogP contribution is 2.56. The Balaban J connectivity index is 0.850. The maximum absolute atomic E-state index is 13.0. The van der Waals surface area contributed by atoms with Gasteiger partial charge in [-0.3, -0.25) is 10.1 Å². The van der Waals surface area contributed by atoms with Gasteiger partial charge in [0.2, 0.25) is 0 Å². The number of likely N-dealkylation sites (tertiary alicyclic amines) is 2. The van der Waals surface area contributed by atoms with Gasteiger partial charge in [-0.1, -0.05) is 11.6 Å². The molecule has 0 bridgehead atoms. The quantitative estimate of drug-likeness (QED) is 0.669. The van der Waals surface area contributed by atoms with Crippen LogP contribution in [0.4, 0.5) is 4.79 Å². The summed E-state index contributed by atoms with van der Waals surface area (Å²) in [7, 11) is 0. The second-order valence-corrected chi connectivity index (χ2v) is 12.7. The van der Waals surface area contributed by atoms with E-state index in [0.717, 1.165) is 69.8 Å². The van der Waals surface area contributed by atoms with Crippen molar-refractivity contribution >= 4 is 17.6 Å². The number of aromatic nitrogens is 4. The van der Waals surface area contributed by atoms with Crippen LogP contribution in [0.2, 0.25) is 5.02 Å². The number of aromatic amines is 1. The SMILES string of the molecule is O=C(N1CC2(CCC(Cc3ccc(Cl)cn3)CC2)C1)N1CC2(CC(c3nc(C4(O)CC4)n[nH]3)C2)C1. The molecule has 7 rings (SSSR count). The molecule has 4 heterocycles. The molecular weight excluding hydrogens is 464 g/mol. The highest BCUT2D eigenvalue weighted by atomic mass is 35.5. The number of carbonyl (C=O) groups excluding carboxylic acids is 1. The molecule has 186 valence electrons. The monoisotopic (exact) mass is 496 g/mol. The summed E-state index contributed by atoms with van der Waals surface area (Å²) in [4.78, 5) is 26.2. The molecule has 2 saturated heterocycles. The molecule has 0 aromatic carbocycles. The Morgan fingerprint density at radius 1 is 1.06 bits per heavy atom. The van der Waals surface area contributed by atoms with Gasteiger partial charge in [-0.25, -0.2) is 9.78 Å². The van der Waals surface area contributed by atoms with Crippen molar-refractivity contribution in [1.29, 1.82) is 0 Å². The molecule has 35 heavy (non-hydrogen) atoms. The molecule has 2 aromatic heterocycles. The van der Waals surface area contributed by atoms with Crippen molar-refractivity contribution < 1.29 is 9.90 Å². The standard InChI is InChI=1S/C26H33ClN6O2/c27-19-1-2-20(28-12-19)9-17-3-5-24(6-4-17)13-32(14-24)23(34)33-15-25(16-33)10-18(11-25)21-29-22(31-30-21)26(35)7-8-26/h1-2,12,17-18,35H,3-11,13-16H2,(H,29,30,31). The summed E-state index contributed by atoms with van der Waals surface area (Å²) in [6.45, 7) is 3.58. The highest BCUT2D eigenvalue weighted by molar-refractivity contribution is 6.30. The molecule has 0 unspecified atom stereocenters. The minimum Gasteiger partial charge on any atom is -0.382 e. The summed E-state index contributed by atoms with van der Waals surface area (Å²) in [6.07, 6.45) is 11.3. The smallest absolute Gasteiger partial charge is 0.320 e. The van der Waals surface area contributed by atoms with Gasteiger partial charge in [0.1, 0.15) is 11.4 Å². The second-order valence-electron chi connectivity index (χ2n) is 12.3. The third kappa shape index (κ3) is 3.84. The van der Waals surface area contributed by atoms with E-state index in [0.29, 0.717) is 28.1 Å². The van der Waals surface area contributed by atoms with Crippen LogP contribution < -0.4 is 0 Å². The van der Waals surface area contributed by atoms with E-state index >= 15 is 0 Å². The maximum atomic E-state index is 13.0. The van der Waals surface area contributed by atoms with Crippen molar-refractivity contribution in [3.63, 3.8) is 0 Å². The van der Waals surface area contributed by atoms with Crippen LogP contribution in [0.3, 0.4) is 0 Å². The lowest BCUT2D eigenvalue weighted by Gasteiger charge is -2.61. The molecule has 3 aliphatic carbocycles. The molecule has 9 heteroatoms. The third-order valence-electron chi connectivity index (χ3n) is 9.49. The van der Waals surface area contributed by atoms with Crippen LogP contribution >= 0.6 is 11.6 Å². The van der Waals surface area contributed by atoms with E-state index in [-0.39, 0.29) is 11.4 Å². The predicted molar refractivity (Wildman–Crippen MR) is 130 cm³/mol. The maximum Gasteiger partial charge on any atom is 0.320 e. The van der Waals surface area contributed by atoms with E-state index in [4.69, 9.17) is 11.6 Å². The number of nitrogens with zero attached hydrogens (tertiary/aromatic N) is 5. The molecule has 2 aromatic rings. The fourth-order valence-corrected chi connectivity index (χ4v) is 7.19. The van der Waals surface area contributed by atoms with E-state index in [1.165, 1.54) is 25.7 Å². The predicted octanol–water partition coefficient (Wildman–Crippen LogP) is 3.87. The van der Waals surface area contributed by atoms with Crippen LogP contribution in [0.5, 0.6) is 0 Å². The Labute approximate surface area is 210 Å². The lowest BCUT2D eigenvalue weighted by Crippen LogP contribution is -2.69. The number of urea groups is 1.